The van der Waals surface area contributed by atoms with Crippen LogP contribution in [0.25, 0.3) is 0 Å². The van der Waals surface area contributed by atoms with Crippen LogP contribution in [0.4, 0.5) is 5.69 Å². The van der Waals surface area contributed by atoms with Crippen molar-refractivity contribution in [2.75, 3.05) is 12.4 Å². The number of benzene rings is 1. The highest BCUT2D eigenvalue weighted by atomic mass is 16.5. The van der Waals surface area contributed by atoms with Gasteiger partial charge < -0.3 is 14.6 Å². The lowest BCUT2D eigenvalue weighted by Crippen LogP contribution is -2.00. The van der Waals surface area contributed by atoms with E-state index in [2.05, 4.69) is 41.3 Å². The van der Waals surface area contributed by atoms with E-state index in [-0.39, 0.29) is 0 Å². The van der Waals surface area contributed by atoms with Crippen LogP contribution < -0.4 is 10.1 Å². The molecule has 0 fully saturated rings. The largest absolute Gasteiger partial charge is 0.497 e. The fourth-order valence-electron chi connectivity index (χ4n) is 1.82. The average Bonchev–Trinajstić information content (AvgIpc) is 2.73. The van der Waals surface area contributed by atoms with Crippen molar-refractivity contribution >= 4 is 5.69 Å². The molecule has 0 aliphatic carbocycles. The summed E-state index contributed by atoms with van der Waals surface area (Å²) in [7, 11) is 3.72. The van der Waals surface area contributed by atoms with Crippen LogP contribution >= 0.6 is 0 Å². The highest BCUT2D eigenvalue weighted by molar-refractivity contribution is 5.53. The van der Waals surface area contributed by atoms with Crippen LogP contribution in [0.2, 0.25) is 0 Å². The van der Waals surface area contributed by atoms with Crippen molar-refractivity contribution in [2.45, 2.75) is 13.5 Å². The van der Waals surface area contributed by atoms with E-state index in [1.807, 2.05) is 19.2 Å². The molecule has 3 nitrogen and oxygen atoms in total. The van der Waals surface area contributed by atoms with Crippen LogP contribution in [0.3, 0.4) is 0 Å². The molecule has 0 spiro atoms. The second-order valence-corrected chi connectivity index (χ2v) is 4.22. The molecule has 2 rings (SSSR count). The maximum atomic E-state index is 5.19. The van der Waals surface area contributed by atoms with Gasteiger partial charge in [-0.3, -0.25) is 0 Å². The lowest BCUT2D eigenvalue weighted by atomic mass is 10.2. The first-order valence-electron chi connectivity index (χ1n) is 5.68. The van der Waals surface area contributed by atoms with Gasteiger partial charge in [0.05, 0.1) is 7.11 Å². The third-order valence-electron chi connectivity index (χ3n) is 2.81. The molecule has 1 aromatic heterocycles. The van der Waals surface area contributed by atoms with Gasteiger partial charge in [-0.2, -0.15) is 0 Å². The third kappa shape index (κ3) is 2.81. The highest BCUT2D eigenvalue weighted by Gasteiger charge is 2.00. The molecule has 0 unspecified atom stereocenters. The van der Waals surface area contributed by atoms with E-state index >= 15 is 0 Å². The summed E-state index contributed by atoms with van der Waals surface area (Å²) >= 11 is 0. The van der Waals surface area contributed by atoms with Crippen LogP contribution in [0.1, 0.15) is 11.1 Å². The van der Waals surface area contributed by atoms with Gasteiger partial charge in [-0.1, -0.05) is 0 Å². The quantitative estimate of drug-likeness (QED) is 0.874. The number of aryl methyl sites for hydroxylation is 2. The van der Waals surface area contributed by atoms with Crippen molar-refractivity contribution in [3.63, 3.8) is 0 Å². The Hall–Kier alpha value is -1.90. The van der Waals surface area contributed by atoms with Crippen molar-refractivity contribution < 1.29 is 4.74 Å². The summed E-state index contributed by atoms with van der Waals surface area (Å²) in [6.45, 7) is 2.92. The van der Waals surface area contributed by atoms with Gasteiger partial charge in [0.2, 0.25) is 0 Å². The zero-order valence-electron chi connectivity index (χ0n) is 10.5. The monoisotopic (exact) mass is 230 g/mol. The topological polar surface area (TPSA) is 26.2 Å². The average molecular weight is 230 g/mol. The van der Waals surface area contributed by atoms with Gasteiger partial charge in [0.15, 0.2) is 0 Å². The Morgan fingerprint density at radius 3 is 2.71 bits per heavy atom. The summed E-state index contributed by atoms with van der Waals surface area (Å²) in [5.41, 5.74) is 3.62. The maximum Gasteiger partial charge on any atom is 0.119 e. The van der Waals surface area contributed by atoms with Crippen LogP contribution in [0.15, 0.2) is 36.7 Å². The van der Waals surface area contributed by atoms with Crippen LogP contribution in [0.5, 0.6) is 5.75 Å². The molecule has 0 amide bonds. The predicted octanol–water partition coefficient (Wildman–Crippen LogP) is 2.95. The van der Waals surface area contributed by atoms with E-state index < -0.39 is 0 Å². The predicted molar refractivity (Wildman–Crippen MR) is 70.5 cm³/mol. The van der Waals surface area contributed by atoms with Gasteiger partial charge in [0.25, 0.3) is 0 Å². The molecule has 90 valence electrons. The molecule has 0 bridgehead atoms. The van der Waals surface area contributed by atoms with E-state index in [9.17, 15) is 0 Å². The Morgan fingerprint density at radius 1 is 1.29 bits per heavy atom. The minimum Gasteiger partial charge on any atom is -0.497 e. The highest BCUT2D eigenvalue weighted by Crippen LogP contribution is 2.21. The smallest absolute Gasteiger partial charge is 0.119 e. The van der Waals surface area contributed by atoms with Gasteiger partial charge in [-0.25, -0.2) is 0 Å². The Labute approximate surface area is 102 Å². The van der Waals surface area contributed by atoms with Crippen molar-refractivity contribution in [3.8, 4) is 5.75 Å². The van der Waals surface area contributed by atoms with Gasteiger partial charge in [0, 0.05) is 31.7 Å². The lowest BCUT2D eigenvalue weighted by Gasteiger charge is -2.10. The zero-order valence-corrected chi connectivity index (χ0v) is 10.5. The zero-order chi connectivity index (χ0) is 12.3. The van der Waals surface area contributed by atoms with Crippen molar-refractivity contribution in [1.29, 1.82) is 0 Å². The molecule has 0 atom stereocenters. The van der Waals surface area contributed by atoms with Crippen LogP contribution in [0, 0.1) is 6.92 Å². The number of hydrogen-bond acceptors (Lipinski definition) is 2. The number of hydrogen-bond donors (Lipinski definition) is 1. The molecule has 0 aliphatic rings. The lowest BCUT2D eigenvalue weighted by molar-refractivity contribution is 0.414. The van der Waals surface area contributed by atoms with Gasteiger partial charge in [-0.15, -0.1) is 0 Å². The molecule has 1 N–H and O–H groups in total. The molecule has 0 aliphatic heterocycles. The summed E-state index contributed by atoms with van der Waals surface area (Å²) in [5, 5.41) is 3.42. The summed E-state index contributed by atoms with van der Waals surface area (Å²) in [6, 6.07) is 8.18. The minimum atomic E-state index is 0.841. The molecule has 1 aromatic carbocycles. The van der Waals surface area contributed by atoms with Crippen LogP contribution in [-0.4, -0.2) is 11.7 Å². The fraction of sp³-hybridized carbons (Fsp3) is 0.286. The Kier molecular flexibility index (Phi) is 3.38. The standard InChI is InChI=1S/C14H18N2O/c1-11-8-13(17-3)4-5-14(11)15-9-12-6-7-16(2)10-12/h4-8,10,15H,9H2,1-3H3. The number of methoxy groups -OCH3 is 1. The Morgan fingerprint density at radius 2 is 2.12 bits per heavy atom. The van der Waals surface area contributed by atoms with E-state index in [0.717, 1.165) is 18.0 Å². The molecule has 1 heterocycles. The van der Waals surface area contributed by atoms with E-state index in [1.165, 1.54) is 11.1 Å². The van der Waals surface area contributed by atoms with E-state index in [1.54, 1.807) is 7.11 Å². The van der Waals surface area contributed by atoms with E-state index in [0.29, 0.717) is 0 Å². The maximum absolute atomic E-state index is 5.19. The second-order valence-electron chi connectivity index (χ2n) is 4.22. The molecular formula is C14H18N2O. The Bertz CT molecular complexity index is 503. The number of rotatable bonds is 4. The summed E-state index contributed by atoms with van der Waals surface area (Å²) in [5.74, 6) is 0.896. The molecule has 0 saturated carbocycles. The molecule has 0 radical (unpaired) electrons. The Balaban J connectivity index is 2.04. The SMILES string of the molecule is COc1ccc(NCc2ccn(C)c2)c(C)c1. The number of nitrogens with one attached hydrogen (secondary N) is 1. The number of anilines is 1. The first-order chi connectivity index (χ1) is 8.19. The molecule has 3 heteroatoms. The first kappa shape index (κ1) is 11.6. The summed E-state index contributed by atoms with van der Waals surface area (Å²) < 4.78 is 7.24. The molecule has 0 saturated heterocycles. The normalized spacial score (nSPS) is 10.3. The van der Waals surface area contributed by atoms with Gasteiger partial charge in [0.1, 0.15) is 5.75 Å². The van der Waals surface area contributed by atoms with Gasteiger partial charge in [-0.05, 0) is 42.3 Å². The molecule has 17 heavy (non-hydrogen) atoms. The van der Waals surface area contributed by atoms with Crippen LogP contribution in [-0.2, 0) is 13.6 Å². The molecule has 2 aromatic rings. The summed E-state index contributed by atoms with van der Waals surface area (Å²) in [6.07, 6.45) is 4.17. The van der Waals surface area contributed by atoms with Gasteiger partial charge >= 0.3 is 0 Å². The number of nitrogens with zero attached hydrogens (tertiary/aromatic N) is 1. The third-order valence-corrected chi connectivity index (χ3v) is 2.81. The molecular weight excluding hydrogens is 212 g/mol. The fourth-order valence-corrected chi connectivity index (χ4v) is 1.82. The first-order valence-corrected chi connectivity index (χ1v) is 5.68. The van der Waals surface area contributed by atoms with Crippen molar-refractivity contribution in [2.24, 2.45) is 7.05 Å². The van der Waals surface area contributed by atoms with E-state index in [4.69, 9.17) is 4.74 Å². The van der Waals surface area contributed by atoms with Crippen molar-refractivity contribution in [3.05, 3.63) is 47.8 Å². The van der Waals surface area contributed by atoms with Crippen molar-refractivity contribution in [1.82, 2.24) is 4.57 Å². The summed E-state index contributed by atoms with van der Waals surface area (Å²) in [4.78, 5) is 0. The second kappa shape index (κ2) is 4.95. The number of ether oxygens (including phenoxy) is 1. The minimum absolute atomic E-state index is 0.841. The number of aromatic nitrogens is 1.